The Balaban J connectivity index is 2.09. The Hall–Kier alpha value is -2.26. The van der Waals surface area contributed by atoms with Gasteiger partial charge < -0.3 is 20.1 Å². The number of halogens is 2. The molecule has 1 aromatic heterocycles. The van der Waals surface area contributed by atoms with Gasteiger partial charge in [-0.1, -0.05) is 0 Å². The number of hydrogen-bond acceptors (Lipinski definition) is 5. The molecule has 1 aromatic carbocycles. The summed E-state index contributed by atoms with van der Waals surface area (Å²) in [6, 6.07) is 6.19. The molecule has 0 unspecified atom stereocenters. The number of benzene rings is 1. The Morgan fingerprint density at radius 3 is 2.56 bits per heavy atom. The van der Waals surface area contributed by atoms with Crippen LogP contribution in [0.3, 0.4) is 0 Å². The average molecular weight is 386 g/mol. The number of carbonyl (C=O) groups is 1. The Morgan fingerprint density at radius 1 is 1.24 bits per heavy atom. The molecule has 25 heavy (non-hydrogen) atoms. The van der Waals surface area contributed by atoms with Crippen molar-refractivity contribution < 1.29 is 23.0 Å². The van der Waals surface area contributed by atoms with Crippen molar-refractivity contribution in [3.8, 4) is 5.75 Å². The average Bonchev–Trinajstić information content (AvgIpc) is 2.89. The van der Waals surface area contributed by atoms with Crippen molar-refractivity contribution in [1.29, 1.82) is 0 Å². The smallest absolute Gasteiger partial charge is 0.387 e. The molecule has 2 rings (SSSR count). The topological polar surface area (TPSA) is 59.6 Å². The van der Waals surface area contributed by atoms with E-state index < -0.39 is 12.6 Å². The lowest BCUT2D eigenvalue weighted by molar-refractivity contribution is -0.0498. The molecule has 134 valence electrons. The molecule has 0 spiro atoms. The van der Waals surface area contributed by atoms with Gasteiger partial charge in [0.25, 0.3) is 0 Å². The number of thiocarbonyl (C=S) groups is 1. The van der Waals surface area contributed by atoms with Crippen LogP contribution in [-0.2, 0) is 4.74 Å². The highest BCUT2D eigenvalue weighted by molar-refractivity contribution is 7.80. The van der Waals surface area contributed by atoms with Crippen LogP contribution in [0.25, 0.3) is 0 Å². The summed E-state index contributed by atoms with van der Waals surface area (Å²) in [6.45, 7) is 0.725. The zero-order valence-corrected chi connectivity index (χ0v) is 15.3. The highest BCUT2D eigenvalue weighted by Gasteiger charge is 2.16. The zero-order chi connectivity index (χ0) is 18.6. The fourth-order valence-corrected chi connectivity index (χ4v) is 3.26. The number of aryl methyl sites for hydroxylation is 2. The van der Waals surface area contributed by atoms with E-state index in [9.17, 15) is 13.6 Å². The fourth-order valence-electron chi connectivity index (χ4n) is 2.08. The van der Waals surface area contributed by atoms with Crippen molar-refractivity contribution in [3.05, 3.63) is 40.3 Å². The molecule has 2 aromatic rings. The van der Waals surface area contributed by atoms with Crippen LogP contribution in [0.1, 0.15) is 20.8 Å². The summed E-state index contributed by atoms with van der Waals surface area (Å²) in [6.07, 6.45) is 0. The molecule has 0 saturated heterocycles. The van der Waals surface area contributed by atoms with Crippen molar-refractivity contribution in [2.24, 2.45) is 0 Å². The van der Waals surface area contributed by atoms with Crippen LogP contribution >= 0.6 is 23.6 Å². The first kappa shape index (κ1) is 19.1. The SMILES string of the molecule is COC(=O)c1cc(C)sc1NC(=S)Nc1ccc(OC(F)F)cc1C. The summed E-state index contributed by atoms with van der Waals surface area (Å²) in [5, 5.41) is 6.75. The third-order valence-electron chi connectivity index (χ3n) is 3.16. The lowest BCUT2D eigenvalue weighted by atomic mass is 10.2. The number of methoxy groups -OCH3 is 1. The number of nitrogens with one attached hydrogen (secondary N) is 2. The van der Waals surface area contributed by atoms with E-state index in [1.165, 1.54) is 30.6 Å². The van der Waals surface area contributed by atoms with Crippen LogP contribution in [0.5, 0.6) is 5.75 Å². The maximum atomic E-state index is 12.2. The monoisotopic (exact) mass is 386 g/mol. The molecule has 0 fully saturated rings. The van der Waals surface area contributed by atoms with Crippen molar-refractivity contribution >= 4 is 45.3 Å². The molecule has 5 nitrogen and oxygen atoms in total. The molecular formula is C16H16F2N2O3S2. The molecule has 0 saturated carbocycles. The van der Waals surface area contributed by atoms with Gasteiger partial charge in [0.05, 0.1) is 12.7 Å². The number of thiophene rings is 1. The van der Waals surface area contributed by atoms with Crippen LogP contribution in [-0.4, -0.2) is 24.8 Å². The van der Waals surface area contributed by atoms with Gasteiger partial charge in [-0.3, -0.25) is 0 Å². The minimum Gasteiger partial charge on any atom is -0.465 e. The van der Waals surface area contributed by atoms with Crippen LogP contribution < -0.4 is 15.4 Å². The second-order valence-electron chi connectivity index (χ2n) is 5.03. The van der Waals surface area contributed by atoms with Crippen LogP contribution in [0, 0.1) is 13.8 Å². The van der Waals surface area contributed by atoms with Gasteiger partial charge in [-0.15, -0.1) is 11.3 Å². The van der Waals surface area contributed by atoms with Gasteiger partial charge in [-0.05, 0) is 55.9 Å². The number of alkyl halides is 2. The first-order chi connectivity index (χ1) is 11.8. The molecular weight excluding hydrogens is 370 g/mol. The molecule has 0 radical (unpaired) electrons. The van der Waals surface area contributed by atoms with Gasteiger partial charge in [0.1, 0.15) is 10.8 Å². The minimum absolute atomic E-state index is 0.0683. The third kappa shape index (κ3) is 5.10. The first-order valence-electron chi connectivity index (χ1n) is 7.12. The van der Waals surface area contributed by atoms with E-state index >= 15 is 0 Å². The Kier molecular flexibility index (Phi) is 6.27. The van der Waals surface area contributed by atoms with Crippen LogP contribution in [0.4, 0.5) is 19.5 Å². The normalized spacial score (nSPS) is 10.5. The van der Waals surface area contributed by atoms with Gasteiger partial charge in [0, 0.05) is 10.6 Å². The predicted octanol–water partition coefficient (Wildman–Crippen LogP) is 4.56. The Labute approximate surface area is 152 Å². The van der Waals surface area contributed by atoms with E-state index in [-0.39, 0.29) is 10.9 Å². The van der Waals surface area contributed by atoms with Crippen molar-refractivity contribution in [3.63, 3.8) is 0 Å². The molecule has 2 N–H and O–H groups in total. The van der Waals surface area contributed by atoms with Crippen molar-refractivity contribution in [1.82, 2.24) is 0 Å². The number of anilines is 2. The molecule has 0 aliphatic carbocycles. The molecule has 9 heteroatoms. The second-order valence-corrected chi connectivity index (χ2v) is 6.69. The van der Waals surface area contributed by atoms with E-state index in [2.05, 4.69) is 15.4 Å². The van der Waals surface area contributed by atoms with E-state index in [4.69, 9.17) is 17.0 Å². The van der Waals surface area contributed by atoms with Gasteiger partial charge >= 0.3 is 12.6 Å². The van der Waals surface area contributed by atoms with Crippen LogP contribution in [0.15, 0.2) is 24.3 Å². The Bertz CT molecular complexity index is 794. The highest BCUT2D eigenvalue weighted by atomic mass is 32.1. The summed E-state index contributed by atoms with van der Waals surface area (Å²) in [7, 11) is 1.31. The second kappa shape index (κ2) is 8.21. The number of ether oxygens (including phenoxy) is 2. The van der Waals surface area contributed by atoms with Crippen molar-refractivity contribution in [2.45, 2.75) is 20.5 Å². The number of carbonyl (C=O) groups excluding carboxylic acids is 1. The molecule has 1 heterocycles. The predicted molar refractivity (Wildman–Crippen MR) is 98.0 cm³/mol. The summed E-state index contributed by atoms with van der Waals surface area (Å²) in [4.78, 5) is 12.7. The zero-order valence-electron chi connectivity index (χ0n) is 13.7. The minimum atomic E-state index is -2.88. The number of hydrogen-bond donors (Lipinski definition) is 2. The van der Waals surface area contributed by atoms with E-state index in [1.807, 2.05) is 6.92 Å². The van der Waals surface area contributed by atoms with E-state index in [0.29, 0.717) is 21.8 Å². The third-order valence-corrected chi connectivity index (χ3v) is 4.33. The Morgan fingerprint density at radius 2 is 1.96 bits per heavy atom. The summed E-state index contributed by atoms with van der Waals surface area (Å²) >= 11 is 6.62. The summed E-state index contributed by atoms with van der Waals surface area (Å²) < 4.78 is 33.6. The first-order valence-corrected chi connectivity index (χ1v) is 8.35. The number of esters is 1. The van der Waals surface area contributed by atoms with Gasteiger partial charge in [0.15, 0.2) is 5.11 Å². The van der Waals surface area contributed by atoms with Gasteiger partial charge in [0.2, 0.25) is 0 Å². The maximum absolute atomic E-state index is 12.2. The summed E-state index contributed by atoms with van der Waals surface area (Å²) in [5.74, 6) is -0.391. The van der Waals surface area contributed by atoms with Crippen molar-refractivity contribution in [2.75, 3.05) is 17.7 Å². The molecule has 0 aliphatic rings. The van der Waals surface area contributed by atoms with E-state index in [0.717, 1.165) is 4.88 Å². The lowest BCUT2D eigenvalue weighted by Gasteiger charge is -2.13. The quantitative estimate of drug-likeness (QED) is 0.580. The molecule has 0 bridgehead atoms. The van der Waals surface area contributed by atoms with Gasteiger partial charge in [-0.25, -0.2) is 4.79 Å². The van der Waals surface area contributed by atoms with E-state index in [1.54, 1.807) is 19.1 Å². The lowest BCUT2D eigenvalue weighted by Crippen LogP contribution is -2.20. The standard InChI is InChI=1S/C16H16F2N2O3S2/c1-8-6-10(23-15(17)18)4-5-12(8)19-16(24)20-13-11(14(21)22-3)7-9(2)25-13/h4-7,15H,1-3H3,(H2,19,20,24). The maximum Gasteiger partial charge on any atom is 0.387 e. The largest absolute Gasteiger partial charge is 0.465 e. The molecule has 0 atom stereocenters. The number of rotatable bonds is 5. The summed E-state index contributed by atoms with van der Waals surface area (Å²) in [5.41, 5.74) is 1.71. The highest BCUT2D eigenvalue weighted by Crippen LogP contribution is 2.29. The van der Waals surface area contributed by atoms with Gasteiger partial charge in [-0.2, -0.15) is 8.78 Å². The van der Waals surface area contributed by atoms with Crippen LogP contribution in [0.2, 0.25) is 0 Å². The molecule has 0 aliphatic heterocycles. The molecule has 0 amide bonds. The fraction of sp³-hybridized carbons (Fsp3) is 0.250.